The summed E-state index contributed by atoms with van der Waals surface area (Å²) >= 11 is 0. The van der Waals surface area contributed by atoms with Crippen LogP contribution in [0.3, 0.4) is 0 Å². The van der Waals surface area contributed by atoms with Gasteiger partial charge < -0.3 is 15.3 Å². The lowest BCUT2D eigenvalue weighted by Gasteiger charge is -2.17. The first kappa shape index (κ1) is 14.0. The van der Waals surface area contributed by atoms with Crippen molar-refractivity contribution in [1.82, 2.24) is 15.2 Å². The summed E-state index contributed by atoms with van der Waals surface area (Å²) in [4.78, 5) is 27.4. The van der Waals surface area contributed by atoms with Crippen molar-refractivity contribution in [3.05, 3.63) is 30.1 Å². The zero-order chi connectivity index (χ0) is 13.4. The number of aliphatic carboxylic acids is 1. The minimum Gasteiger partial charge on any atom is -0.481 e. The molecule has 0 unspecified atom stereocenters. The Hall–Kier alpha value is -2.11. The Balaban J connectivity index is 2.27. The molecule has 0 saturated heterocycles. The summed E-state index contributed by atoms with van der Waals surface area (Å²) in [5.41, 5.74) is 0.945. The second-order valence-electron chi connectivity index (χ2n) is 3.95. The fourth-order valence-corrected chi connectivity index (χ4v) is 1.41. The fraction of sp³-hybridized carbons (Fsp3) is 0.417. The van der Waals surface area contributed by atoms with Gasteiger partial charge in [0.15, 0.2) is 0 Å². The summed E-state index contributed by atoms with van der Waals surface area (Å²) in [5, 5.41) is 11.1. The Bertz CT molecular complexity index is 395. The third-order valence-corrected chi connectivity index (χ3v) is 2.33. The van der Waals surface area contributed by atoms with Crippen LogP contribution in [0.1, 0.15) is 18.4 Å². The molecule has 98 valence electrons. The molecule has 0 aliphatic heterocycles. The number of hydrogen-bond acceptors (Lipinski definition) is 3. The first-order chi connectivity index (χ1) is 8.59. The molecule has 0 bridgehead atoms. The number of nitrogens with zero attached hydrogens (tertiary/aromatic N) is 2. The highest BCUT2D eigenvalue weighted by molar-refractivity contribution is 5.73. The van der Waals surface area contributed by atoms with Crippen molar-refractivity contribution in [2.24, 2.45) is 0 Å². The van der Waals surface area contributed by atoms with Gasteiger partial charge in [-0.15, -0.1) is 0 Å². The smallest absolute Gasteiger partial charge is 0.317 e. The number of urea groups is 1. The van der Waals surface area contributed by atoms with E-state index in [1.54, 1.807) is 19.4 Å². The average Bonchev–Trinajstić information content (AvgIpc) is 2.35. The molecule has 2 amide bonds. The van der Waals surface area contributed by atoms with Gasteiger partial charge in [-0.1, -0.05) is 6.07 Å². The molecule has 0 aliphatic rings. The van der Waals surface area contributed by atoms with Gasteiger partial charge in [-0.05, 0) is 18.1 Å². The molecule has 1 aromatic rings. The molecule has 0 aliphatic carbocycles. The summed E-state index contributed by atoms with van der Waals surface area (Å²) in [6.45, 7) is 0.834. The molecule has 1 rings (SSSR count). The number of carbonyl (C=O) groups is 2. The maximum atomic E-state index is 11.6. The molecule has 2 N–H and O–H groups in total. The number of carboxylic acid groups (broad SMARTS) is 1. The summed E-state index contributed by atoms with van der Waals surface area (Å²) in [6, 6.07) is 3.49. The molecule has 0 radical (unpaired) electrons. The second kappa shape index (κ2) is 7.26. The summed E-state index contributed by atoms with van der Waals surface area (Å²) < 4.78 is 0. The van der Waals surface area contributed by atoms with Crippen LogP contribution in [-0.2, 0) is 11.3 Å². The van der Waals surface area contributed by atoms with Crippen molar-refractivity contribution in [3.8, 4) is 0 Å². The molecular formula is C12H17N3O3. The number of carboxylic acids is 1. The first-order valence-corrected chi connectivity index (χ1v) is 5.69. The van der Waals surface area contributed by atoms with Gasteiger partial charge in [0, 0.05) is 39.0 Å². The molecule has 1 aromatic heterocycles. The summed E-state index contributed by atoms with van der Waals surface area (Å²) in [5.74, 6) is -0.854. The number of pyridine rings is 1. The minimum absolute atomic E-state index is 0.0621. The van der Waals surface area contributed by atoms with Crippen molar-refractivity contribution in [2.45, 2.75) is 19.4 Å². The molecule has 6 heteroatoms. The van der Waals surface area contributed by atoms with Crippen LogP contribution in [0, 0.1) is 0 Å². The predicted molar refractivity (Wildman–Crippen MR) is 66.0 cm³/mol. The van der Waals surface area contributed by atoms with Gasteiger partial charge in [-0.2, -0.15) is 0 Å². The molecule has 0 spiro atoms. The van der Waals surface area contributed by atoms with E-state index in [9.17, 15) is 9.59 Å². The van der Waals surface area contributed by atoms with Crippen LogP contribution in [0.25, 0.3) is 0 Å². The maximum absolute atomic E-state index is 11.6. The average molecular weight is 251 g/mol. The maximum Gasteiger partial charge on any atom is 0.317 e. The Morgan fingerprint density at radius 3 is 2.89 bits per heavy atom. The van der Waals surface area contributed by atoms with E-state index in [1.807, 2.05) is 12.1 Å². The van der Waals surface area contributed by atoms with Crippen molar-refractivity contribution < 1.29 is 14.7 Å². The highest BCUT2D eigenvalue weighted by atomic mass is 16.4. The molecule has 0 fully saturated rings. The van der Waals surface area contributed by atoms with Crippen molar-refractivity contribution in [3.63, 3.8) is 0 Å². The molecule has 18 heavy (non-hydrogen) atoms. The van der Waals surface area contributed by atoms with Crippen LogP contribution in [0.15, 0.2) is 24.5 Å². The lowest BCUT2D eigenvalue weighted by atomic mass is 10.3. The number of nitrogens with one attached hydrogen (secondary N) is 1. The van der Waals surface area contributed by atoms with E-state index in [0.29, 0.717) is 19.5 Å². The number of carbonyl (C=O) groups excluding carboxylic acids is 1. The fourth-order valence-electron chi connectivity index (χ4n) is 1.41. The van der Waals surface area contributed by atoms with Crippen LogP contribution < -0.4 is 5.32 Å². The molecule has 0 atom stereocenters. The Morgan fingerprint density at radius 1 is 1.50 bits per heavy atom. The van der Waals surface area contributed by atoms with Crippen LogP contribution in [0.4, 0.5) is 4.79 Å². The van der Waals surface area contributed by atoms with Gasteiger partial charge in [0.2, 0.25) is 0 Å². The van der Waals surface area contributed by atoms with E-state index in [0.717, 1.165) is 5.56 Å². The van der Waals surface area contributed by atoms with E-state index < -0.39 is 5.97 Å². The third-order valence-electron chi connectivity index (χ3n) is 2.33. The second-order valence-corrected chi connectivity index (χ2v) is 3.95. The van der Waals surface area contributed by atoms with Gasteiger partial charge in [0.1, 0.15) is 0 Å². The van der Waals surface area contributed by atoms with Gasteiger partial charge in [0.25, 0.3) is 0 Å². The quantitative estimate of drug-likeness (QED) is 0.741. The SMILES string of the molecule is CN(Cc1cccnc1)C(=O)NCCCC(=O)O. The predicted octanol–water partition coefficient (Wildman–Crippen LogP) is 1.09. The Morgan fingerprint density at radius 2 is 2.28 bits per heavy atom. The van der Waals surface area contributed by atoms with Crippen LogP contribution >= 0.6 is 0 Å². The standard InChI is InChI=1S/C12H17N3O3/c1-15(9-10-4-2-6-13-8-10)12(18)14-7-3-5-11(16)17/h2,4,6,8H,3,5,7,9H2,1H3,(H,14,18)(H,16,17). The highest BCUT2D eigenvalue weighted by Gasteiger charge is 2.08. The van der Waals surface area contributed by atoms with Gasteiger partial charge >= 0.3 is 12.0 Å². The van der Waals surface area contributed by atoms with E-state index >= 15 is 0 Å². The highest BCUT2D eigenvalue weighted by Crippen LogP contribution is 2.00. The number of rotatable bonds is 6. The van der Waals surface area contributed by atoms with Crippen molar-refractivity contribution in [2.75, 3.05) is 13.6 Å². The van der Waals surface area contributed by atoms with Crippen molar-refractivity contribution in [1.29, 1.82) is 0 Å². The first-order valence-electron chi connectivity index (χ1n) is 5.69. The number of hydrogen-bond donors (Lipinski definition) is 2. The zero-order valence-corrected chi connectivity index (χ0v) is 10.3. The van der Waals surface area contributed by atoms with E-state index in [4.69, 9.17) is 5.11 Å². The van der Waals surface area contributed by atoms with Gasteiger partial charge in [0.05, 0.1) is 0 Å². The third kappa shape index (κ3) is 5.29. The lowest BCUT2D eigenvalue weighted by molar-refractivity contribution is -0.137. The Labute approximate surface area is 106 Å². The van der Waals surface area contributed by atoms with Gasteiger partial charge in [-0.3, -0.25) is 9.78 Å². The Kier molecular flexibility index (Phi) is 5.63. The number of amides is 2. The normalized spacial score (nSPS) is 9.83. The van der Waals surface area contributed by atoms with E-state index in [2.05, 4.69) is 10.3 Å². The van der Waals surface area contributed by atoms with Crippen LogP contribution in [-0.4, -0.2) is 40.6 Å². The molecule has 1 heterocycles. The zero-order valence-electron chi connectivity index (χ0n) is 10.3. The summed E-state index contributed by atoms with van der Waals surface area (Å²) in [6.07, 6.45) is 3.87. The van der Waals surface area contributed by atoms with E-state index in [1.165, 1.54) is 4.90 Å². The van der Waals surface area contributed by atoms with Crippen LogP contribution in [0.2, 0.25) is 0 Å². The van der Waals surface area contributed by atoms with Crippen molar-refractivity contribution >= 4 is 12.0 Å². The monoisotopic (exact) mass is 251 g/mol. The molecule has 6 nitrogen and oxygen atoms in total. The van der Waals surface area contributed by atoms with Gasteiger partial charge in [-0.25, -0.2) is 4.79 Å². The summed E-state index contributed by atoms with van der Waals surface area (Å²) in [7, 11) is 1.68. The molecule has 0 saturated carbocycles. The number of aromatic nitrogens is 1. The molecular weight excluding hydrogens is 234 g/mol. The van der Waals surface area contributed by atoms with Crippen LogP contribution in [0.5, 0.6) is 0 Å². The lowest BCUT2D eigenvalue weighted by Crippen LogP contribution is -2.37. The topological polar surface area (TPSA) is 82.5 Å². The molecule has 0 aromatic carbocycles. The van der Waals surface area contributed by atoms with E-state index in [-0.39, 0.29) is 12.5 Å². The largest absolute Gasteiger partial charge is 0.481 e. The minimum atomic E-state index is -0.854.